The minimum absolute atomic E-state index is 0.207. The Hall–Kier alpha value is -1.26. The third-order valence-electron chi connectivity index (χ3n) is 1.96. The number of nitrogens with zero attached hydrogens (tertiary/aromatic N) is 2. The van der Waals surface area contributed by atoms with Gasteiger partial charge in [-0.3, -0.25) is 4.98 Å². The number of aryl methyl sites for hydroxylation is 1. The summed E-state index contributed by atoms with van der Waals surface area (Å²) in [6.07, 6.45) is 1.74. The molecule has 0 aliphatic heterocycles. The maximum absolute atomic E-state index is 6.01. The fourth-order valence-corrected chi connectivity index (χ4v) is 1.88. The third-order valence-corrected chi connectivity index (χ3v) is 2.75. The second-order valence-corrected chi connectivity index (χ2v) is 4.09. The molecule has 2 aromatic heterocycles. The summed E-state index contributed by atoms with van der Waals surface area (Å²) in [7, 11) is 0. The lowest BCUT2D eigenvalue weighted by Gasteiger charge is -2.06. The highest BCUT2D eigenvalue weighted by Gasteiger charge is 2.12. The third kappa shape index (κ3) is 1.81. The lowest BCUT2D eigenvalue weighted by atomic mass is 10.1. The van der Waals surface area contributed by atoms with Crippen molar-refractivity contribution in [2.75, 3.05) is 0 Å². The van der Waals surface area contributed by atoms with Gasteiger partial charge in [-0.05, 0) is 19.1 Å². The van der Waals surface area contributed by atoms with Crippen molar-refractivity contribution in [1.82, 2.24) is 9.97 Å². The van der Waals surface area contributed by atoms with Crippen molar-refractivity contribution >= 4 is 11.3 Å². The van der Waals surface area contributed by atoms with Crippen LogP contribution in [0.2, 0.25) is 0 Å². The molecular formula is C10H11N3S. The van der Waals surface area contributed by atoms with Crippen LogP contribution >= 0.6 is 11.3 Å². The van der Waals surface area contributed by atoms with Crippen molar-refractivity contribution in [2.45, 2.75) is 13.0 Å². The summed E-state index contributed by atoms with van der Waals surface area (Å²) in [6, 6.07) is 5.52. The van der Waals surface area contributed by atoms with Gasteiger partial charge in [0.1, 0.15) is 0 Å². The van der Waals surface area contributed by atoms with E-state index in [2.05, 4.69) is 9.97 Å². The average Bonchev–Trinajstić information content (AvgIpc) is 2.65. The van der Waals surface area contributed by atoms with Crippen molar-refractivity contribution < 1.29 is 0 Å². The molecule has 0 fully saturated rings. The first-order chi connectivity index (χ1) is 6.77. The van der Waals surface area contributed by atoms with Crippen LogP contribution in [0.3, 0.4) is 0 Å². The van der Waals surface area contributed by atoms with Crippen LogP contribution in [0.5, 0.6) is 0 Å². The van der Waals surface area contributed by atoms with Gasteiger partial charge in [0.25, 0.3) is 0 Å². The lowest BCUT2D eigenvalue weighted by Crippen LogP contribution is -2.13. The number of hydrogen-bond acceptors (Lipinski definition) is 4. The Morgan fingerprint density at radius 3 is 2.79 bits per heavy atom. The fraction of sp³-hybridized carbons (Fsp3) is 0.200. The summed E-state index contributed by atoms with van der Waals surface area (Å²) in [6.45, 7) is 1.97. The highest BCUT2D eigenvalue weighted by atomic mass is 32.1. The summed E-state index contributed by atoms with van der Waals surface area (Å²) < 4.78 is 0. The molecule has 2 aromatic rings. The monoisotopic (exact) mass is 205 g/mol. The number of hydrogen-bond donors (Lipinski definition) is 1. The number of rotatable bonds is 2. The lowest BCUT2D eigenvalue weighted by molar-refractivity contribution is 0.799. The number of aromatic nitrogens is 2. The smallest absolute Gasteiger partial charge is 0.0908 e. The van der Waals surface area contributed by atoms with Crippen LogP contribution in [0.1, 0.15) is 22.4 Å². The van der Waals surface area contributed by atoms with E-state index in [0.717, 1.165) is 16.4 Å². The Bertz CT molecular complexity index is 410. The molecule has 1 unspecified atom stereocenters. The second kappa shape index (κ2) is 3.86. The average molecular weight is 205 g/mol. The van der Waals surface area contributed by atoms with E-state index < -0.39 is 0 Å². The van der Waals surface area contributed by atoms with E-state index in [4.69, 9.17) is 5.73 Å². The van der Waals surface area contributed by atoms with Gasteiger partial charge in [0, 0.05) is 11.6 Å². The molecule has 4 heteroatoms. The number of nitrogens with two attached hydrogens (primary N) is 1. The first kappa shape index (κ1) is 9.30. The summed E-state index contributed by atoms with van der Waals surface area (Å²) in [4.78, 5) is 8.54. The van der Waals surface area contributed by atoms with Crippen LogP contribution in [0, 0.1) is 6.92 Å². The normalized spacial score (nSPS) is 12.7. The Labute approximate surface area is 86.6 Å². The zero-order valence-corrected chi connectivity index (χ0v) is 8.66. The van der Waals surface area contributed by atoms with Crippen LogP contribution in [0.4, 0.5) is 0 Å². The molecule has 0 saturated heterocycles. The molecule has 0 aliphatic rings. The molecular weight excluding hydrogens is 194 g/mol. The minimum Gasteiger partial charge on any atom is -0.318 e. The largest absolute Gasteiger partial charge is 0.318 e. The van der Waals surface area contributed by atoms with Crippen molar-refractivity contribution in [3.63, 3.8) is 0 Å². The molecule has 2 rings (SSSR count). The summed E-state index contributed by atoms with van der Waals surface area (Å²) in [5, 5.41) is 3.01. The van der Waals surface area contributed by atoms with Crippen LogP contribution in [0.25, 0.3) is 0 Å². The zero-order chi connectivity index (χ0) is 9.97. The van der Waals surface area contributed by atoms with Gasteiger partial charge in [0.15, 0.2) is 0 Å². The zero-order valence-electron chi connectivity index (χ0n) is 7.84. The predicted molar refractivity (Wildman–Crippen MR) is 57.1 cm³/mol. The first-order valence-electron chi connectivity index (χ1n) is 4.36. The van der Waals surface area contributed by atoms with Gasteiger partial charge in [-0.25, -0.2) is 4.98 Å². The SMILES string of the molecule is Cc1nc(C(N)c2ccccn2)cs1. The molecule has 3 nitrogen and oxygen atoms in total. The fourth-order valence-electron chi connectivity index (χ4n) is 1.23. The van der Waals surface area contributed by atoms with Gasteiger partial charge in [-0.2, -0.15) is 0 Å². The molecule has 0 aromatic carbocycles. The summed E-state index contributed by atoms with van der Waals surface area (Å²) in [5.41, 5.74) is 7.76. The molecule has 0 spiro atoms. The Morgan fingerprint density at radius 1 is 1.36 bits per heavy atom. The van der Waals surface area contributed by atoms with Crippen LogP contribution in [0.15, 0.2) is 29.8 Å². The molecule has 2 heterocycles. The maximum atomic E-state index is 6.01. The Morgan fingerprint density at radius 2 is 2.21 bits per heavy atom. The summed E-state index contributed by atoms with van der Waals surface area (Å²) >= 11 is 1.61. The van der Waals surface area contributed by atoms with Crippen LogP contribution < -0.4 is 5.73 Å². The highest BCUT2D eigenvalue weighted by molar-refractivity contribution is 7.09. The molecule has 72 valence electrons. The highest BCUT2D eigenvalue weighted by Crippen LogP contribution is 2.19. The van der Waals surface area contributed by atoms with Crippen molar-refractivity contribution in [1.29, 1.82) is 0 Å². The van der Waals surface area contributed by atoms with E-state index >= 15 is 0 Å². The van der Waals surface area contributed by atoms with Gasteiger partial charge in [0.05, 0.1) is 22.4 Å². The molecule has 2 N–H and O–H groups in total. The first-order valence-corrected chi connectivity index (χ1v) is 5.24. The quantitative estimate of drug-likeness (QED) is 0.814. The van der Waals surface area contributed by atoms with Crippen LogP contribution in [-0.2, 0) is 0 Å². The van der Waals surface area contributed by atoms with Crippen molar-refractivity contribution in [3.05, 3.63) is 46.2 Å². The maximum Gasteiger partial charge on any atom is 0.0908 e. The van der Waals surface area contributed by atoms with E-state index in [1.165, 1.54) is 0 Å². The van der Waals surface area contributed by atoms with Crippen LogP contribution in [-0.4, -0.2) is 9.97 Å². The van der Waals surface area contributed by atoms with E-state index in [1.807, 2.05) is 30.5 Å². The molecule has 0 bridgehead atoms. The second-order valence-electron chi connectivity index (χ2n) is 3.02. The van der Waals surface area contributed by atoms with Crippen molar-refractivity contribution in [2.24, 2.45) is 5.73 Å². The predicted octanol–water partition coefficient (Wildman–Crippen LogP) is 1.89. The van der Waals surface area contributed by atoms with Gasteiger partial charge in [0.2, 0.25) is 0 Å². The van der Waals surface area contributed by atoms with Gasteiger partial charge >= 0.3 is 0 Å². The van der Waals surface area contributed by atoms with E-state index in [9.17, 15) is 0 Å². The number of thiazole rings is 1. The summed E-state index contributed by atoms with van der Waals surface area (Å²) in [5.74, 6) is 0. The van der Waals surface area contributed by atoms with E-state index in [-0.39, 0.29) is 6.04 Å². The van der Waals surface area contributed by atoms with E-state index in [1.54, 1.807) is 17.5 Å². The van der Waals surface area contributed by atoms with Crippen molar-refractivity contribution in [3.8, 4) is 0 Å². The molecule has 14 heavy (non-hydrogen) atoms. The van der Waals surface area contributed by atoms with Gasteiger partial charge < -0.3 is 5.73 Å². The van der Waals surface area contributed by atoms with Gasteiger partial charge in [-0.15, -0.1) is 11.3 Å². The molecule has 0 saturated carbocycles. The standard InChI is InChI=1S/C10H11N3S/c1-7-13-9(6-14-7)10(11)8-4-2-3-5-12-8/h2-6,10H,11H2,1H3. The van der Waals surface area contributed by atoms with E-state index in [0.29, 0.717) is 0 Å². The minimum atomic E-state index is -0.207. The van der Waals surface area contributed by atoms with Gasteiger partial charge in [-0.1, -0.05) is 6.07 Å². The topological polar surface area (TPSA) is 51.8 Å². The Balaban J connectivity index is 2.29. The Kier molecular flexibility index (Phi) is 2.56. The molecule has 0 amide bonds. The molecule has 0 radical (unpaired) electrons. The molecule has 0 aliphatic carbocycles. The number of pyridine rings is 1. The molecule has 1 atom stereocenters.